The van der Waals surface area contributed by atoms with Gasteiger partial charge in [-0.1, -0.05) is 19.8 Å². The lowest BCUT2D eigenvalue weighted by Gasteiger charge is -2.45. The van der Waals surface area contributed by atoms with Crippen LogP contribution in [0.3, 0.4) is 0 Å². The summed E-state index contributed by atoms with van der Waals surface area (Å²) < 4.78 is 0. The number of rotatable bonds is 4. The molecule has 1 saturated carbocycles. The Morgan fingerprint density at radius 1 is 1.19 bits per heavy atom. The lowest BCUT2D eigenvalue weighted by Crippen LogP contribution is -2.48. The summed E-state index contributed by atoms with van der Waals surface area (Å²) >= 11 is 0. The van der Waals surface area contributed by atoms with Crippen LogP contribution in [0.4, 0.5) is 0 Å². The molecule has 0 amide bonds. The first-order chi connectivity index (χ1) is 7.81. The van der Waals surface area contributed by atoms with E-state index in [0.717, 1.165) is 24.4 Å². The first-order valence-corrected chi connectivity index (χ1v) is 7.20. The molecule has 0 radical (unpaired) electrons. The topological polar surface area (TPSA) is 15.3 Å². The molecule has 0 spiro atoms. The van der Waals surface area contributed by atoms with Gasteiger partial charge in [0.1, 0.15) is 0 Å². The fourth-order valence-electron chi connectivity index (χ4n) is 3.77. The predicted molar refractivity (Wildman–Crippen MR) is 69.6 cm³/mol. The first-order valence-electron chi connectivity index (χ1n) is 7.20. The molecule has 0 aromatic carbocycles. The van der Waals surface area contributed by atoms with Crippen LogP contribution < -0.4 is 5.32 Å². The smallest absolute Gasteiger partial charge is 0.0124 e. The van der Waals surface area contributed by atoms with Crippen LogP contribution in [-0.2, 0) is 0 Å². The van der Waals surface area contributed by atoms with E-state index in [9.17, 15) is 0 Å². The molecular formula is C14H28N2. The van der Waals surface area contributed by atoms with Crippen LogP contribution in [0.5, 0.6) is 0 Å². The molecule has 16 heavy (non-hydrogen) atoms. The van der Waals surface area contributed by atoms with Crippen LogP contribution in [-0.4, -0.2) is 37.6 Å². The van der Waals surface area contributed by atoms with Crippen LogP contribution in [0.1, 0.15) is 45.4 Å². The molecule has 1 heterocycles. The van der Waals surface area contributed by atoms with Gasteiger partial charge < -0.3 is 5.32 Å². The van der Waals surface area contributed by atoms with E-state index in [1.54, 1.807) is 0 Å². The van der Waals surface area contributed by atoms with Gasteiger partial charge in [0.05, 0.1) is 0 Å². The van der Waals surface area contributed by atoms with Gasteiger partial charge in [0, 0.05) is 12.6 Å². The molecule has 1 saturated heterocycles. The summed E-state index contributed by atoms with van der Waals surface area (Å²) in [7, 11) is 2.07. The lowest BCUT2D eigenvalue weighted by atomic mass is 9.78. The van der Waals surface area contributed by atoms with E-state index in [0.29, 0.717) is 0 Å². The second-order valence-corrected chi connectivity index (χ2v) is 5.91. The van der Waals surface area contributed by atoms with Gasteiger partial charge in [0.15, 0.2) is 0 Å². The van der Waals surface area contributed by atoms with Crippen molar-refractivity contribution in [2.24, 2.45) is 11.8 Å². The third-order valence-corrected chi connectivity index (χ3v) is 4.46. The third kappa shape index (κ3) is 2.98. The molecule has 1 aliphatic carbocycles. The van der Waals surface area contributed by atoms with Crippen molar-refractivity contribution in [2.45, 2.75) is 51.5 Å². The van der Waals surface area contributed by atoms with Gasteiger partial charge in [0.25, 0.3) is 0 Å². The molecule has 2 aliphatic rings. The van der Waals surface area contributed by atoms with Gasteiger partial charge in [-0.25, -0.2) is 0 Å². The number of nitrogens with one attached hydrogen (secondary N) is 1. The summed E-state index contributed by atoms with van der Waals surface area (Å²) in [6, 6.07) is 0.932. The number of likely N-dealkylation sites (tertiary alicyclic amines) is 1. The standard InChI is InChI=1S/C14H28N2/c1-12(10-15-2)11-16-9-5-7-13-6-3-4-8-14(13)16/h12-15H,3-11H2,1-2H3/t12?,13-,14-/m1/s1. The Balaban J connectivity index is 1.87. The van der Waals surface area contributed by atoms with Crippen molar-refractivity contribution in [1.29, 1.82) is 0 Å². The summed E-state index contributed by atoms with van der Waals surface area (Å²) in [6.07, 6.45) is 8.87. The zero-order chi connectivity index (χ0) is 11.4. The molecule has 2 fully saturated rings. The number of fused-ring (bicyclic) bond motifs is 1. The molecule has 1 aliphatic heterocycles. The van der Waals surface area contributed by atoms with Crippen molar-refractivity contribution in [3.8, 4) is 0 Å². The highest BCUT2D eigenvalue weighted by molar-refractivity contribution is 4.87. The predicted octanol–water partition coefficient (Wildman–Crippen LogP) is 2.50. The Morgan fingerprint density at radius 2 is 1.94 bits per heavy atom. The highest BCUT2D eigenvalue weighted by atomic mass is 15.2. The molecule has 2 rings (SSSR count). The van der Waals surface area contributed by atoms with Crippen molar-refractivity contribution in [3.05, 3.63) is 0 Å². The average molecular weight is 224 g/mol. The van der Waals surface area contributed by atoms with Gasteiger partial charge in [-0.15, -0.1) is 0 Å². The van der Waals surface area contributed by atoms with E-state index in [1.807, 2.05) is 0 Å². The number of nitrogens with zero attached hydrogens (tertiary/aromatic N) is 1. The summed E-state index contributed by atoms with van der Waals surface area (Å²) in [5.74, 6) is 1.83. The highest BCUT2D eigenvalue weighted by Crippen LogP contribution is 2.35. The molecule has 0 aromatic rings. The Labute approximate surface area is 101 Å². The number of piperidine rings is 1. The van der Waals surface area contributed by atoms with Crippen LogP contribution in [0.25, 0.3) is 0 Å². The van der Waals surface area contributed by atoms with Gasteiger partial charge in [0.2, 0.25) is 0 Å². The number of hydrogen-bond acceptors (Lipinski definition) is 2. The summed E-state index contributed by atoms with van der Waals surface area (Å²) in [4.78, 5) is 2.80. The fourth-order valence-corrected chi connectivity index (χ4v) is 3.77. The van der Waals surface area contributed by atoms with Crippen LogP contribution >= 0.6 is 0 Å². The van der Waals surface area contributed by atoms with Crippen molar-refractivity contribution < 1.29 is 0 Å². The first kappa shape index (κ1) is 12.4. The number of hydrogen-bond donors (Lipinski definition) is 1. The minimum atomic E-state index is 0.797. The van der Waals surface area contributed by atoms with E-state index >= 15 is 0 Å². The van der Waals surface area contributed by atoms with E-state index in [4.69, 9.17) is 0 Å². The Kier molecular flexibility index (Phi) is 4.66. The van der Waals surface area contributed by atoms with Crippen molar-refractivity contribution in [3.63, 3.8) is 0 Å². The molecular weight excluding hydrogens is 196 g/mol. The van der Waals surface area contributed by atoms with Crippen LogP contribution in [0.2, 0.25) is 0 Å². The monoisotopic (exact) mass is 224 g/mol. The average Bonchev–Trinajstić information content (AvgIpc) is 2.30. The summed E-state index contributed by atoms with van der Waals surface area (Å²) in [5.41, 5.74) is 0. The van der Waals surface area contributed by atoms with E-state index < -0.39 is 0 Å². The molecule has 2 heteroatoms. The SMILES string of the molecule is CNCC(C)CN1CCC[C@H]2CCCC[C@H]21. The van der Waals surface area contributed by atoms with Gasteiger partial charge in [-0.05, 0) is 57.7 Å². The van der Waals surface area contributed by atoms with Crippen molar-refractivity contribution >= 4 is 0 Å². The second kappa shape index (κ2) is 6.02. The maximum atomic E-state index is 3.30. The summed E-state index contributed by atoms with van der Waals surface area (Å²) in [5, 5.41) is 3.30. The maximum absolute atomic E-state index is 3.30. The van der Waals surface area contributed by atoms with Crippen molar-refractivity contribution in [2.75, 3.05) is 26.7 Å². The zero-order valence-electron chi connectivity index (χ0n) is 11.0. The van der Waals surface area contributed by atoms with Gasteiger partial charge in [-0.3, -0.25) is 4.90 Å². The van der Waals surface area contributed by atoms with Crippen LogP contribution in [0, 0.1) is 11.8 Å². The van der Waals surface area contributed by atoms with Gasteiger partial charge in [-0.2, -0.15) is 0 Å². The molecule has 2 nitrogen and oxygen atoms in total. The zero-order valence-corrected chi connectivity index (χ0v) is 11.0. The molecule has 3 atom stereocenters. The summed E-state index contributed by atoms with van der Waals surface area (Å²) in [6.45, 7) is 6.20. The minimum Gasteiger partial charge on any atom is -0.319 e. The third-order valence-electron chi connectivity index (χ3n) is 4.46. The Bertz CT molecular complexity index is 203. The lowest BCUT2D eigenvalue weighted by molar-refractivity contribution is 0.0502. The molecule has 0 bridgehead atoms. The van der Waals surface area contributed by atoms with E-state index in [-0.39, 0.29) is 0 Å². The quantitative estimate of drug-likeness (QED) is 0.789. The molecule has 0 aromatic heterocycles. The van der Waals surface area contributed by atoms with Gasteiger partial charge >= 0.3 is 0 Å². The highest BCUT2D eigenvalue weighted by Gasteiger charge is 2.33. The van der Waals surface area contributed by atoms with E-state index in [1.165, 1.54) is 51.6 Å². The van der Waals surface area contributed by atoms with Crippen LogP contribution in [0.15, 0.2) is 0 Å². The molecule has 94 valence electrons. The second-order valence-electron chi connectivity index (χ2n) is 5.91. The minimum absolute atomic E-state index is 0.797. The molecule has 1 unspecified atom stereocenters. The molecule has 1 N–H and O–H groups in total. The Morgan fingerprint density at radius 3 is 2.75 bits per heavy atom. The van der Waals surface area contributed by atoms with Crippen molar-refractivity contribution in [1.82, 2.24) is 10.2 Å². The largest absolute Gasteiger partial charge is 0.319 e. The maximum Gasteiger partial charge on any atom is 0.0124 e. The Hall–Kier alpha value is -0.0800. The normalized spacial score (nSPS) is 33.4. The van der Waals surface area contributed by atoms with E-state index in [2.05, 4.69) is 24.2 Å². The fraction of sp³-hybridized carbons (Fsp3) is 1.00.